The van der Waals surface area contributed by atoms with Crippen LogP contribution in [0.2, 0.25) is 0 Å². The first-order valence-corrected chi connectivity index (χ1v) is 16.4. The zero-order valence-electron chi connectivity index (χ0n) is 23.9. The Hall–Kier alpha value is -1.13. The van der Waals surface area contributed by atoms with Gasteiger partial charge in [0, 0.05) is 12.3 Å². The van der Waals surface area contributed by atoms with Gasteiger partial charge in [0.1, 0.15) is 11.9 Å². The van der Waals surface area contributed by atoms with Crippen LogP contribution in [-0.4, -0.2) is 71.1 Å². The number of alkyl halides is 6. The van der Waals surface area contributed by atoms with E-state index in [1.165, 1.54) is 11.8 Å². The molecule has 0 spiro atoms. The van der Waals surface area contributed by atoms with Crippen molar-refractivity contribution in [3.63, 3.8) is 0 Å². The summed E-state index contributed by atoms with van der Waals surface area (Å²) in [6.07, 6.45) is -0.129. The predicted molar refractivity (Wildman–Crippen MR) is 151 cm³/mol. The van der Waals surface area contributed by atoms with Gasteiger partial charge in [0.15, 0.2) is 0 Å². The van der Waals surface area contributed by atoms with Gasteiger partial charge >= 0.3 is 12.1 Å². The van der Waals surface area contributed by atoms with Gasteiger partial charge < -0.3 is 15.1 Å². The number of phenols is 1. The number of hydrogen-bond acceptors (Lipinski definition) is 4. The Kier molecular flexibility index (Phi) is 11.3. The smallest absolute Gasteiger partial charge is 0.453 e. The van der Waals surface area contributed by atoms with Crippen LogP contribution < -0.4 is 0 Å². The third kappa shape index (κ3) is 8.08. The molecule has 2 N–H and O–H groups in total. The van der Waals surface area contributed by atoms with Crippen molar-refractivity contribution in [1.29, 1.82) is 0 Å². The number of thioether (sulfide) groups is 1. The summed E-state index contributed by atoms with van der Waals surface area (Å²) in [5.41, 5.74) is 2.12. The quantitative estimate of drug-likeness (QED) is 0.166. The summed E-state index contributed by atoms with van der Waals surface area (Å²) in [6.45, 7) is 1.78. The van der Waals surface area contributed by atoms with E-state index in [-0.39, 0.29) is 29.9 Å². The molecule has 0 amide bonds. The van der Waals surface area contributed by atoms with Crippen LogP contribution in [0.25, 0.3) is 0 Å². The summed E-state index contributed by atoms with van der Waals surface area (Å²) < 4.78 is 78.2. The zero-order chi connectivity index (χ0) is 29.8. The molecule has 4 rings (SSSR count). The monoisotopic (exact) mass is 609 g/mol. The number of fused-ring (bicyclic) bond motifs is 5. The fraction of sp³-hybridized carbons (Fsp3) is 0.806. The molecule has 0 aromatic heterocycles. The molecule has 0 bridgehead atoms. The number of unbranched alkanes of at least 4 members (excludes halogenated alkanes) is 2. The lowest BCUT2D eigenvalue weighted by molar-refractivity contribution is -0.284. The van der Waals surface area contributed by atoms with E-state index < -0.39 is 30.8 Å². The number of nitrogens with zero attached hydrogens (tertiary/aromatic N) is 1. The number of hydrogen-bond donors (Lipinski definition) is 2. The number of aliphatic hydroxyl groups excluding tert-OH is 1. The molecule has 1 aromatic rings. The SMILES string of the molecule is CN(CCCCC[C@@H]1Cc2cc(O)ccc2C2C1C1CC[C@H](O)C1C[C@@H]2F)CCCSCCCC(F)(F)C(F)(F)F. The zero-order valence-corrected chi connectivity index (χ0v) is 24.7. The highest BCUT2D eigenvalue weighted by molar-refractivity contribution is 7.99. The van der Waals surface area contributed by atoms with E-state index in [9.17, 15) is 32.2 Å². The Morgan fingerprint density at radius 1 is 0.951 bits per heavy atom. The number of phenolic OH excluding ortho intramolecular Hbond substituents is 1. The minimum Gasteiger partial charge on any atom is -0.508 e. The number of aliphatic hydroxyl groups is 1. The van der Waals surface area contributed by atoms with Crippen molar-refractivity contribution < 1.29 is 36.6 Å². The Bertz CT molecular complexity index is 978. The van der Waals surface area contributed by atoms with Gasteiger partial charge in [0.2, 0.25) is 0 Å². The molecule has 1 aromatic carbocycles. The van der Waals surface area contributed by atoms with E-state index in [0.29, 0.717) is 24.0 Å². The van der Waals surface area contributed by atoms with Crippen molar-refractivity contribution in [2.24, 2.45) is 23.7 Å². The summed E-state index contributed by atoms with van der Waals surface area (Å²) in [5, 5.41) is 20.6. The van der Waals surface area contributed by atoms with E-state index in [1.54, 1.807) is 6.07 Å². The lowest BCUT2D eigenvalue weighted by Crippen LogP contribution is -2.46. The predicted octanol–water partition coefficient (Wildman–Crippen LogP) is 7.99. The second-order valence-corrected chi connectivity index (χ2v) is 13.8. The van der Waals surface area contributed by atoms with Crippen LogP contribution in [0.4, 0.5) is 26.3 Å². The molecule has 3 aliphatic rings. The summed E-state index contributed by atoms with van der Waals surface area (Å²) in [7, 11) is 2.04. The molecule has 0 saturated heterocycles. The van der Waals surface area contributed by atoms with Crippen molar-refractivity contribution in [2.45, 2.75) is 101 Å². The molecule has 41 heavy (non-hydrogen) atoms. The Balaban J connectivity index is 1.16. The summed E-state index contributed by atoms with van der Waals surface area (Å²) in [5.74, 6) is -2.50. The molecule has 0 heterocycles. The second-order valence-electron chi connectivity index (χ2n) is 12.6. The fourth-order valence-electron chi connectivity index (χ4n) is 7.81. The number of aromatic hydroxyl groups is 1. The van der Waals surface area contributed by atoms with Crippen LogP contribution in [0.5, 0.6) is 5.75 Å². The average molecular weight is 610 g/mol. The van der Waals surface area contributed by atoms with Crippen molar-refractivity contribution in [2.75, 3.05) is 31.6 Å². The van der Waals surface area contributed by atoms with Crippen LogP contribution in [0.1, 0.15) is 81.3 Å². The molecule has 10 heteroatoms. The van der Waals surface area contributed by atoms with E-state index in [4.69, 9.17) is 0 Å². The van der Waals surface area contributed by atoms with Crippen LogP contribution in [0.3, 0.4) is 0 Å². The first-order valence-electron chi connectivity index (χ1n) is 15.2. The molecule has 2 fully saturated rings. The third-order valence-electron chi connectivity index (χ3n) is 9.79. The van der Waals surface area contributed by atoms with Crippen molar-refractivity contribution in [3.8, 4) is 5.75 Å². The van der Waals surface area contributed by atoms with Gasteiger partial charge in [-0.05, 0) is 130 Å². The molecule has 3 nitrogen and oxygen atoms in total. The highest BCUT2D eigenvalue weighted by Gasteiger charge is 2.56. The van der Waals surface area contributed by atoms with Crippen LogP contribution >= 0.6 is 11.8 Å². The van der Waals surface area contributed by atoms with Gasteiger partial charge in [-0.25, -0.2) is 4.39 Å². The summed E-state index contributed by atoms with van der Waals surface area (Å²) >= 11 is 1.42. The van der Waals surface area contributed by atoms with Gasteiger partial charge in [0.25, 0.3) is 0 Å². The normalized spacial score (nSPS) is 29.8. The molecular weight excluding hydrogens is 564 g/mol. The van der Waals surface area contributed by atoms with Gasteiger partial charge in [-0.15, -0.1) is 0 Å². The standard InChI is InChI=1S/C31H45F6NO2S/c1-38(14-6-16-41-15-5-12-30(33,34)31(35,36)37)13-4-2-3-7-20-17-21-18-22(39)8-9-23(21)29-26(32)19-25-24(28(20)29)10-11-27(25)40/h8-9,18,20,24-29,39-40H,2-7,10-17,19H2,1H3/t20-,24?,25?,26+,27+,28?,29?/m1/s1. The highest BCUT2D eigenvalue weighted by atomic mass is 32.2. The maximum absolute atomic E-state index is 15.6. The molecule has 4 unspecified atom stereocenters. The lowest BCUT2D eigenvalue weighted by Gasteiger charge is -2.50. The topological polar surface area (TPSA) is 43.7 Å². The Morgan fingerprint density at radius 3 is 2.44 bits per heavy atom. The van der Waals surface area contributed by atoms with Gasteiger partial charge in [-0.1, -0.05) is 18.9 Å². The van der Waals surface area contributed by atoms with E-state index in [0.717, 1.165) is 81.3 Å². The number of rotatable bonds is 14. The maximum atomic E-state index is 15.6. The van der Waals surface area contributed by atoms with Crippen molar-refractivity contribution in [1.82, 2.24) is 4.90 Å². The summed E-state index contributed by atoms with van der Waals surface area (Å²) in [6, 6.07) is 5.40. The van der Waals surface area contributed by atoms with E-state index in [1.807, 2.05) is 19.2 Å². The largest absolute Gasteiger partial charge is 0.508 e. The maximum Gasteiger partial charge on any atom is 0.453 e. The van der Waals surface area contributed by atoms with Crippen LogP contribution in [0, 0.1) is 23.7 Å². The van der Waals surface area contributed by atoms with Crippen molar-refractivity contribution >= 4 is 11.8 Å². The molecule has 0 radical (unpaired) electrons. The first kappa shape index (κ1) is 32.8. The molecule has 7 atom stereocenters. The highest BCUT2D eigenvalue weighted by Crippen LogP contribution is 2.58. The summed E-state index contributed by atoms with van der Waals surface area (Å²) in [4.78, 5) is 2.23. The van der Waals surface area contributed by atoms with E-state index >= 15 is 4.39 Å². The van der Waals surface area contributed by atoms with Crippen LogP contribution in [0.15, 0.2) is 18.2 Å². The number of halogens is 6. The molecular formula is C31H45F6NO2S. The Labute approximate surface area is 244 Å². The number of benzene rings is 1. The minimum atomic E-state index is -5.47. The van der Waals surface area contributed by atoms with Crippen molar-refractivity contribution in [3.05, 3.63) is 29.3 Å². The first-order chi connectivity index (χ1) is 19.4. The van der Waals surface area contributed by atoms with Gasteiger partial charge in [-0.2, -0.15) is 33.7 Å². The van der Waals surface area contributed by atoms with Crippen LogP contribution in [-0.2, 0) is 6.42 Å². The minimum absolute atomic E-state index is 0.0556. The second kappa shape index (κ2) is 14.1. The lowest BCUT2D eigenvalue weighted by atomic mass is 9.55. The average Bonchev–Trinajstić information content (AvgIpc) is 3.26. The fourth-order valence-corrected chi connectivity index (χ4v) is 8.69. The molecule has 2 saturated carbocycles. The third-order valence-corrected chi connectivity index (χ3v) is 10.9. The molecule has 3 aliphatic carbocycles. The van der Waals surface area contributed by atoms with Gasteiger partial charge in [0.05, 0.1) is 6.10 Å². The van der Waals surface area contributed by atoms with E-state index in [2.05, 4.69) is 4.90 Å². The van der Waals surface area contributed by atoms with Gasteiger partial charge in [-0.3, -0.25) is 0 Å². The molecule has 234 valence electrons. The molecule has 0 aliphatic heterocycles. The Morgan fingerprint density at radius 2 is 1.68 bits per heavy atom.